The summed E-state index contributed by atoms with van der Waals surface area (Å²) in [5, 5.41) is 2.43. The Bertz CT molecular complexity index is 1500. The highest BCUT2D eigenvalue weighted by molar-refractivity contribution is 5.72. The predicted molar refractivity (Wildman–Crippen MR) is 135 cm³/mol. The van der Waals surface area contributed by atoms with Gasteiger partial charge in [0.15, 0.2) is 11.5 Å². The van der Waals surface area contributed by atoms with Crippen molar-refractivity contribution in [1.82, 2.24) is 14.5 Å². The number of urea groups is 1. The van der Waals surface area contributed by atoms with Crippen molar-refractivity contribution in [3.05, 3.63) is 68.6 Å². The van der Waals surface area contributed by atoms with Crippen LogP contribution in [-0.4, -0.2) is 35.9 Å². The largest absolute Gasteiger partial charge is 0.493 e. The summed E-state index contributed by atoms with van der Waals surface area (Å²) in [6.07, 6.45) is 0. The number of amides is 2. The van der Waals surface area contributed by atoms with Gasteiger partial charge in [0.2, 0.25) is 0 Å². The van der Waals surface area contributed by atoms with E-state index in [4.69, 9.17) is 20.2 Å². The van der Waals surface area contributed by atoms with E-state index in [1.165, 1.54) is 30.9 Å². The van der Waals surface area contributed by atoms with E-state index >= 15 is 8.78 Å². The lowest BCUT2D eigenvalue weighted by Crippen LogP contribution is -2.46. The summed E-state index contributed by atoms with van der Waals surface area (Å²) in [4.78, 5) is 29.6. The molecule has 1 aliphatic rings. The predicted octanol–water partition coefficient (Wildman–Crippen LogP) is 3.27. The minimum Gasteiger partial charge on any atom is -0.493 e. The second-order valence-electron chi connectivity index (χ2n) is 9.02. The number of nitrogens with zero attached hydrogens (tertiary/aromatic N) is 3. The van der Waals surface area contributed by atoms with E-state index in [0.29, 0.717) is 5.69 Å². The average Bonchev–Trinajstić information content (AvgIpc) is 2.82. The van der Waals surface area contributed by atoms with Crippen LogP contribution >= 0.6 is 0 Å². The third-order valence-electron chi connectivity index (χ3n) is 6.34. The second-order valence-corrected chi connectivity index (χ2v) is 9.02. The van der Waals surface area contributed by atoms with Crippen LogP contribution < -0.4 is 31.7 Å². The molecule has 0 saturated carbocycles. The van der Waals surface area contributed by atoms with Crippen LogP contribution in [0, 0.1) is 20.8 Å². The van der Waals surface area contributed by atoms with E-state index in [1.54, 1.807) is 6.07 Å². The minimum atomic E-state index is -3.35. The first kappa shape index (κ1) is 25.9. The highest BCUT2D eigenvalue weighted by atomic mass is 19.3. The minimum absolute atomic E-state index is 0.0149. The average molecular weight is 514 g/mol. The van der Waals surface area contributed by atoms with E-state index < -0.39 is 24.2 Å². The fourth-order valence-electron chi connectivity index (χ4n) is 4.74. The molecule has 11 heteroatoms. The van der Waals surface area contributed by atoms with Gasteiger partial charge in [-0.05, 0) is 44.0 Å². The molecule has 0 spiro atoms. The maximum absolute atomic E-state index is 15.3. The molecule has 1 aliphatic heterocycles. The number of halogens is 2. The molecule has 0 aliphatic carbocycles. The van der Waals surface area contributed by atoms with Crippen molar-refractivity contribution in [3.8, 4) is 22.8 Å². The Labute approximate surface area is 212 Å². The van der Waals surface area contributed by atoms with Gasteiger partial charge in [-0.2, -0.15) is 8.78 Å². The fraction of sp³-hybridized carbons (Fsp3) is 0.346. The van der Waals surface area contributed by atoms with E-state index in [2.05, 4.69) is 5.32 Å². The number of nitrogens with one attached hydrogen (secondary N) is 1. The van der Waals surface area contributed by atoms with Crippen LogP contribution in [0.1, 0.15) is 22.3 Å². The molecule has 0 saturated heterocycles. The number of primary amides is 1. The molecule has 0 atom stereocenters. The van der Waals surface area contributed by atoms with E-state index in [9.17, 15) is 9.59 Å². The Kier molecular flexibility index (Phi) is 6.81. The molecule has 3 N–H and O–H groups in total. The molecule has 0 bridgehead atoms. The van der Waals surface area contributed by atoms with E-state index in [0.717, 1.165) is 21.3 Å². The SMILES string of the molecule is COc1cc2c(cc1OC)C(F)(F)Cn1c-2cc(=Nc2c(C)cc(C)cc2C)n(CCNC(N)=O)c1=O. The first-order valence-electron chi connectivity index (χ1n) is 11.6. The van der Waals surface area contributed by atoms with Gasteiger partial charge in [0.05, 0.1) is 32.1 Å². The Balaban J connectivity index is 2.04. The topological polar surface area (TPSA) is 113 Å². The van der Waals surface area contributed by atoms with Crippen LogP contribution in [0.25, 0.3) is 11.3 Å². The summed E-state index contributed by atoms with van der Waals surface area (Å²) < 4.78 is 43.5. The van der Waals surface area contributed by atoms with E-state index in [-0.39, 0.29) is 46.9 Å². The van der Waals surface area contributed by atoms with Crippen molar-refractivity contribution < 1.29 is 23.0 Å². The lowest BCUT2D eigenvalue weighted by molar-refractivity contribution is -0.0262. The number of nitrogens with two attached hydrogens (primary N) is 1. The summed E-state index contributed by atoms with van der Waals surface area (Å²) in [6.45, 7) is 4.93. The van der Waals surface area contributed by atoms with E-state index in [1.807, 2.05) is 32.9 Å². The summed E-state index contributed by atoms with van der Waals surface area (Å²) in [5.74, 6) is -2.93. The van der Waals surface area contributed by atoms with Gasteiger partial charge in [-0.15, -0.1) is 0 Å². The van der Waals surface area contributed by atoms with Crippen molar-refractivity contribution in [3.63, 3.8) is 0 Å². The number of aryl methyl sites for hydroxylation is 3. The van der Waals surface area contributed by atoms with Crippen LogP contribution in [0.2, 0.25) is 0 Å². The first-order valence-corrected chi connectivity index (χ1v) is 11.6. The molecule has 2 heterocycles. The Hall–Kier alpha value is -4.15. The van der Waals surface area contributed by atoms with Gasteiger partial charge in [0, 0.05) is 30.3 Å². The number of rotatable bonds is 6. The van der Waals surface area contributed by atoms with Gasteiger partial charge in [0.1, 0.15) is 5.49 Å². The number of hydrogen-bond donors (Lipinski definition) is 2. The van der Waals surface area contributed by atoms with Crippen molar-refractivity contribution in [2.24, 2.45) is 10.7 Å². The van der Waals surface area contributed by atoms with Crippen LogP contribution in [0.5, 0.6) is 11.5 Å². The number of fused-ring (bicyclic) bond motifs is 3. The third kappa shape index (κ3) is 4.81. The lowest BCUT2D eigenvalue weighted by Gasteiger charge is -2.30. The van der Waals surface area contributed by atoms with Gasteiger partial charge in [-0.1, -0.05) is 17.7 Å². The fourth-order valence-corrected chi connectivity index (χ4v) is 4.74. The number of alkyl halides is 2. The summed E-state index contributed by atoms with van der Waals surface area (Å²) in [5.41, 5.74) is 8.41. The molecule has 37 heavy (non-hydrogen) atoms. The number of aromatic nitrogens is 2. The van der Waals surface area contributed by atoms with Gasteiger partial charge in [-0.25, -0.2) is 14.6 Å². The van der Waals surface area contributed by atoms with Gasteiger partial charge in [0.25, 0.3) is 5.92 Å². The number of ether oxygens (including phenoxy) is 2. The molecule has 3 aromatic rings. The van der Waals surface area contributed by atoms with Crippen LogP contribution in [0.3, 0.4) is 0 Å². The van der Waals surface area contributed by atoms with Crippen molar-refractivity contribution >= 4 is 11.7 Å². The van der Waals surface area contributed by atoms with Crippen molar-refractivity contribution in [2.75, 3.05) is 20.8 Å². The molecular formula is C26H29F2N5O4. The van der Waals surface area contributed by atoms with Crippen LogP contribution in [-0.2, 0) is 19.0 Å². The number of carbonyl (C=O) groups is 1. The monoisotopic (exact) mass is 513 g/mol. The van der Waals surface area contributed by atoms with Gasteiger partial charge < -0.3 is 20.5 Å². The molecule has 9 nitrogen and oxygen atoms in total. The van der Waals surface area contributed by atoms with Gasteiger partial charge in [-0.3, -0.25) is 9.13 Å². The summed E-state index contributed by atoms with van der Waals surface area (Å²) >= 11 is 0. The summed E-state index contributed by atoms with van der Waals surface area (Å²) in [6, 6.07) is 7.48. The standard InChI is InChI=1S/C26H29F2N5O4/c1-14-8-15(2)23(16(3)9-14)31-22-12-19-17-10-20(36-4)21(37-5)11-18(17)26(27,28)13-33(19)25(35)32(22)7-6-30-24(29)34/h8-12H,6-7,13H2,1-5H3,(H3,29,30,34). The quantitative estimate of drug-likeness (QED) is 0.527. The normalized spacial score (nSPS) is 14.1. The molecule has 196 valence electrons. The lowest BCUT2D eigenvalue weighted by atomic mass is 9.94. The van der Waals surface area contributed by atoms with Crippen LogP contribution in [0.4, 0.5) is 19.3 Å². The maximum atomic E-state index is 15.3. The highest BCUT2D eigenvalue weighted by Gasteiger charge is 2.41. The van der Waals surface area contributed by atoms with Crippen molar-refractivity contribution in [2.45, 2.75) is 39.8 Å². The molecular weight excluding hydrogens is 484 g/mol. The molecule has 2 aromatic carbocycles. The number of methoxy groups -OCH3 is 2. The molecule has 0 unspecified atom stereocenters. The molecule has 2 amide bonds. The molecule has 0 radical (unpaired) electrons. The smallest absolute Gasteiger partial charge is 0.330 e. The highest BCUT2D eigenvalue weighted by Crippen LogP contribution is 2.45. The second kappa shape index (κ2) is 9.72. The Morgan fingerprint density at radius 3 is 2.30 bits per heavy atom. The third-order valence-corrected chi connectivity index (χ3v) is 6.34. The van der Waals surface area contributed by atoms with Crippen LogP contribution in [0.15, 0.2) is 40.1 Å². The Morgan fingerprint density at radius 1 is 1.08 bits per heavy atom. The zero-order chi connectivity index (χ0) is 27.1. The zero-order valence-electron chi connectivity index (χ0n) is 21.3. The Morgan fingerprint density at radius 2 is 1.70 bits per heavy atom. The number of benzene rings is 2. The first-order chi connectivity index (χ1) is 17.5. The zero-order valence-corrected chi connectivity index (χ0v) is 21.3. The maximum Gasteiger partial charge on any atom is 0.330 e. The van der Waals surface area contributed by atoms with Gasteiger partial charge >= 0.3 is 11.7 Å². The molecule has 4 rings (SSSR count). The molecule has 1 aromatic heterocycles. The number of carbonyl (C=O) groups excluding carboxylic acids is 1. The summed E-state index contributed by atoms with van der Waals surface area (Å²) in [7, 11) is 2.78. The van der Waals surface area contributed by atoms with Crippen molar-refractivity contribution in [1.29, 1.82) is 0 Å². The number of hydrogen-bond acceptors (Lipinski definition) is 5. The molecule has 0 fully saturated rings.